The van der Waals surface area contributed by atoms with E-state index in [2.05, 4.69) is 59.1 Å². The fraction of sp³-hybridized carbons (Fsp3) is 0.292. The number of para-hydroxylation sites is 1. The summed E-state index contributed by atoms with van der Waals surface area (Å²) in [6, 6.07) is 14.3. The van der Waals surface area contributed by atoms with Crippen molar-refractivity contribution in [1.82, 2.24) is 29.4 Å². The van der Waals surface area contributed by atoms with Crippen molar-refractivity contribution >= 4 is 11.6 Å². The molecule has 0 aliphatic carbocycles. The second kappa shape index (κ2) is 9.47. The largest absolute Gasteiger partial charge is 0.357 e. The van der Waals surface area contributed by atoms with E-state index in [1.165, 1.54) is 5.56 Å². The van der Waals surface area contributed by atoms with Crippen molar-refractivity contribution in [1.29, 1.82) is 0 Å². The zero-order chi connectivity index (χ0) is 21.6. The minimum atomic E-state index is 0.679. The van der Waals surface area contributed by atoms with Crippen LogP contribution in [-0.4, -0.2) is 50.2 Å². The van der Waals surface area contributed by atoms with Gasteiger partial charge < -0.3 is 14.6 Å². The van der Waals surface area contributed by atoms with Crippen LogP contribution in [0.5, 0.6) is 0 Å². The summed E-state index contributed by atoms with van der Waals surface area (Å²) in [6.07, 6.45) is 8.90. The number of nitrogens with one attached hydrogen (secondary N) is 1. The van der Waals surface area contributed by atoms with Crippen molar-refractivity contribution in [3.8, 4) is 5.69 Å². The van der Waals surface area contributed by atoms with Crippen LogP contribution in [0.2, 0.25) is 0 Å². The van der Waals surface area contributed by atoms with Crippen molar-refractivity contribution in [2.45, 2.75) is 26.8 Å². The third-order valence-corrected chi connectivity index (χ3v) is 5.13. The van der Waals surface area contributed by atoms with Gasteiger partial charge in [0, 0.05) is 57.3 Å². The first-order valence-electron chi connectivity index (χ1n) is 10.7. The standard InChI is InChI=1S/C24H29N7/c1-4-25-24(26-13-12-21-18-30-14-8-9-19(2)23(30)28-21)29(3)16-20-15-27-31(17-20)22-10-6-5-7-11-22/h5-11,14-15,17-18H,4,12-13,16H2,1-3H3,(H,25,26). The molecule has 0 atom stereocenters. The van der Waals surface area contributed by atoms with Crippen molar-refractivity contribution in [2.24, 2.45) is 4.99 Å². The molecule has 0 fully saturated rings. The normalized spacial score (nSPS) is 11.8. The number of aliphatic imine (C=N–C) groups is 1. The molecular weight excluding hydrogens is 386 g/mol. The molecule has 7 heteroatoms. The molecule has 0 bridgehead atoms. The van der Waals surface area contributed by atoms with E-state index < -0.39 is 0 Å². The number of rotatable bonds is 7. The highest BCUT2D eigenvalue weighted by molar-refractivity contribution is 5.79. The van der Waals surface area contributed by atoms with Crippen LogP contribution in [0.15, 0.2) is 72.2 Å². The number of aromatic nitrogens is 4. The maximum Gasteiger partial charge on any atom is 0.193 e. The van der Waals surface area contributed by atoms with Crippen LogP contribution in [0.4, 0.5) is 0 Å². The molecule has 3 aromatic heterocycles. The third kappa shape index (κ3) is 4.94. The number of pyridine rings is 1. The average Bonchev–Trinajstić information content (AvgIpc) is 3.41. The molecule has 0 unspecified atom stereocenters. The van der Waals surface area contributed by atoms with Crippen molar-refractivity contribution in [2.75, 3.05) is 20.1 Å². The van der Waals surface area contributed by atoms with Crippen LogP contribution in [0.1, 0.15) is 23.7 Å². The quantitative estimate of drug-likeness (QED) is 0.371. The molecule has 0 spiro atoms. The van der Waals surface area contributed by atoms with Gasteiger partial charge in [0.1, 0.15) is 5.65 Å². The molecular formula is C24H29N7. The Hall–Kier alpha value is -3.61. The summed E-state index contributed by atoms with van der Waals surface area (Å²) in [5.74, 6) is 0.884. The first kappa shape index (κ1) is 20.7. The molecule has 0 aliphatic rings. The second-order valence-corrected chi connectivity index (χ2v) is 7.62. The van der Waals surface area contributed by atoms with Crippen LogP contribution >= 0.6 is 0 Å². The Morgan fingerprint density at radius 3 is 2.74 bits per heavy atom. The highest BCUT2D eigenvalue weighted by Crippen LogP contribution is 2.11. The zero-order valence-electron chi connectivity index (χ0n) is 18.4. The topological polar surface area (TPSA) is 62.8 Å². The number of fused-ring (bicyclic) bond motifs is 1. The summed E-state index contributed by atoms with van der Waals surface area (Å²) in [5, 5.41) is 7.88. The first-order chi connectivity index (χ1) is 15.1. The minimum Gasteiger partial charge on any atom is -0.357 e. The van der Waals surface area contributed by atoms with Gasteiger partial charge in [-0.05, 0) is 37.6 Å². The Kier molecular flexibility index (Phi) is 6.31. The third-order valence-electron chi connectivity index (χ3n) is 5.13. The van der Waals surface area contributed by atoms with E-state index in [0.717, 1.165) is 48.1 Å². The lowest BCUT2D eigenvalue weighted by molar-refractivity contribution is 0.477. The molecule has 4 rings (SSSR count). The van der Waals surface area contributed by atoms with Gasteiger partial charge in [-0.15, -0.1) is 0 Å². The number of nitrogens with zero attached hydrogens (tertiary/aromatic N) is 6. The van der Waals surface area contributed by atoms with Crippen LogP contribution in [-0.2, 0) is 13.0 Å². The van der Waals surface area contributed by atoms with Crippen LogP contribution in [0.3, 0.4) is 0 Å². The van der Waals surface area contributed by atoms with Gasteiger partial charge in [-0.3, -0.25) is 4.99 Å². The molecule has 3 heterocycles. The van der Waals surface area contributed by atoms with Crippen LogP contribution < -0.4 is 5.32 Å². The van der Waals surface area contributed by atoms with Gasteiger partial charge >= 0.3 is 0 Å². The predicted molar refractivity (Wildman–Crippen MR) is 125 cm³/mol. The summed E-state index contributed by atoms with van der Waals surface area (Å²) in [5.41, 5.74) is 5.44. The molecule has 1 N–H and O–H groups in total. The fourth-order valence-corrected chi connectivity index (χ4v) is 3.58. The highest BCUT2D eigenvalue weighted by Gasteiger charge is 2.09. The maximum absolute atomic E-state index is 4.82. The SMILES string of the molecule is CCNC(=NCCc1cn2cccc(C)c2n1)N(C)Cc1cnn(-c2ccccc2)c1. The summed E-state index contributed by atoms with van der Waals surface area (Å²) in [6.45, 7) is 6.40. The Morgan fingerprint density at radius 1 is 1.13 bits per heavy atom. The summed E-state index contributed by atoms with van der Waals surface area (Å²) >= 11 is 0. The fourth-order valence-electron chi connectivity index (χ4n) is 3.58. The Labute approximate surface area is 183 Å². The second-order valence-electron chi connectivity index (χ2n) is 7.62. The summed E-state index contributed by atoms with van der Waals surface area (Å²) in [7, 11) is 2.05. The maximum atomic E-state index is 4.82. The highest BCUT2D eigenvalue weighted by atomic mass is 15.3. The number of hydrogen-bond acceptors (Lipinski definition) is 3. The van der Waals surface area contributed by atoms with Gasteiger partial charge in [-0.1, -0.05) is 24.3 Å². The number of benzene rings is 1. The first-order valence-corrected chi connectivity index (χ1v) is 10.7. The van der Waals surface area contributed by atoms with E-state index >= 15 is 0 Å². The molecule has 7 nitrogen and oxygen atoms in total. The van der Waals surface area contributed by atoms with Crippen LogP contribution in [0.25, 0.3) is 11.3 Å². The van der Waals surface area contributed by atoms with Crippen molar-refractivity contribution in [3.05, 3.63) is 84.1 Å². The van der Waals surface area contributed by atoms with Gasteiger partial charge in [0.2, 0.25) is 0 Å². The molecule has 4 aromatic rings. The van der Waals surface area contributed by atoms with Crippen molar-refractivity contribution in [3.63, 3.8) is 0 Å². The number of aryl methyl sites for hydroxylation is 1. The lowest BCUT2D eigenvalue weighted by Crippen LogP contribution is -2.38. The van der Waals surface area contributed by atoms with Gasteiger partial charge in [0.25, 0.3) is 0 Å². The van der Waals surface area contributed by atoms with Gasteiger partial charge in [-0.25, -0.2) is 9.67 Å². The molecule has 0 saturated heterocycles. The molecule has 0 saturated carbocycles. The Morgan fingerprint density at radius 2 is 1.97 bits per heavy atom. The van der Waals surface area contributed by atoms with E-state index in [4.69, 9.17) is 9.98 Å². The minimum absolute atomic E-state index is 0.679. The van der Waals surface area contributed by atoms with E-state index in [0.29, 0.717) is 6.54 Å². The monoisotopic (exact) mass is 415 g/mol. The smallest absolute Gasteiger partial charge is 0.193 e. The molecule has 0 amide bonds. The molecule has 1 aromatic carbocycles. The lowest BCUT2D eigenvalue weighted by atomic mass is 10.3. The van der Waals surface area contributed by atoms with Gasteiger partial charge in [0.15, 0.2) is 5.96 Å². The lowest BCUT2D eigenvalue weighted by Gasteiger charge is -2.21. The molecule has 0 radical (unpaired) electrons. The Bertz CT molecular complexity index is 1160. The van der Waals surface area contributed by atoms with Crippen LogP contribution in [0, 0.1) is 6.92 Å². The predicted octanol–water partition coefficient (Wildman–Crippen LogP) is 3.47. The number of hydrogen-bond donors (Lipinski definition) is 1. The van der Waals surface area contributed by atoms with E-state index in [1.807, 2.05) is 53.5 Å². The molecule has 0 aliphatic heterocycles. The zero-order valence-corrected chi connectivity index (χ0v) is 18.4. The van der Waals surface area contributed by atoms with E-state index in [-0.39, 0.29) is 0 Å². The summed E-state index contributed by atoms with van der Waals surface area (Å²) < 4.78 is 3.98. The van der Waals surface area contributed by atoms with E-state index in [9.17, 15) is 0 Å². The van der Waals surface area contributed by atoms with Gasteiger partial charge in [0.05, 0.1) is 17.6 Å². The number of imidazole rings is 1. The van der Waals surface area contributed by atoms with E-state index in [1.54, 1.807) is 0 Å². The van der Waals surface area contributed by atoms with Crippen molar-refractivity contribution < 1.29 is 0 Å². The number of guanidine groups is 1. The average molecular weight is 416 g/mol. The van der Waals surface area contributed by atoms with Gasteiger partial charge in [-0.2, -0.15) is 5.10 Å². The Balaban J connectivity index is 1.40. The molecule has 31 heavy (non-hydrogen) atoms. The molecule has 160 valence electrons. The summed E-state index contributed by atoms with van der Waals surface area (Å²) in [4.78, 5) is 11.7.